The van der Waals surface area contributed by atoms with E-state index in [1.807, 2.05) is 6.07 Å². The summed E-state index contributed by atoms with van der Waals surface area (Å²) in [6.45, 7) is 5.67. The van der Waals surface area contributed by atoms with E-state index in [1.165, 1.54) is 25.9 Å². The van der Waals surface area contributed by atoms with Crippen molar-refractivity contribution >= 4 is 22.3 Å². The molecule has 1 aromatic heterocycles. The number of fused-ring (bicyclic) bond motifs is 1. The lowest BCUT2D eigenvalue weighted by molar-refractivity contribution is 0.150. The van der Waals surface area contributed by atoms with Gasteiger partial charge in [-0.3, -0.25) is 5.10 Å². The molecule has 0 atom stereocenters. The lowest BCUT2D eigenvalue weighted by Gasteiger charge is -2.38. The van der Waals surface area contributed by atoms with Gasteiger partial charge in [-0.2, -0.15) is 5.10 Å². The molecule has 5 heteroatoms. The van der Waals surface area contributed by atoms with Crippen molar-refractivity contribution in [2.24, 2.45) is 5.41 Å². The van der Waals surface area contributed by atoms with Crippen LogP contribution in [0.5, 0.6) is 0 Å². The number of aromatic nitrogens is 2. The van der Waals surface area contributed by atoms with Crippen molar-refractivity contribution in [1.82, 2.24) is 15.1 Å². The molecule has 1 aliphatic heterocycles. The van der Waals surface area contributed by atoms with Gasteiger partial charge in [-0.25, -0.2) is 0 Å². The molecule has 3 rings (SSSR count). The average Bonchev–Trinajstić information content (AvgIpc) is 2.87. The van der Waals surface area contributed by atoms with Crippen molar-refractivity contribution in [2.75, 3.05) is 37.7 Å². The Kier molecular flexibility index (Phi) is 3.30. The van der Waals surface area contributed by atoms with Crippen molar-refractivity contribution < 1.29 is 0 Å². The fourth-order valence-corrected chi connectivity index (χ4v) is 2.81. The Morgan fingerprint density at radius 3 is 2.90 bits per heavy atom. The predicted octanol–water partition coefficient (Wildman–Crippen LogP) is 2.29. The molecule has 1 fully saturated rings. The van der Waals surface area contributed by atoms with Gasteiger partial charge in [-0.15, -0.1) is 0 Å². The summed E-state index contributed by atoms with van der Waals surface area (Å²) in [7, 11) is 2.19. The summed E-state index contributed by atoms with van der Waals surface area (Å²) in [4.78, 5) is 2.40. The zero-order valence-corrected chi connectivity index (χ0v) is 12.2. The van der Waals surface area contributed by atoms with Crippen LogP contribution in [-0.4, -0.2) is 41.8 Å². The van der Waals surface area contributed by atoms with Crippen molar-refractivity contribution in [3.8, 4) is 0 Å². The van der Waals surface area contributed by atoms with E-state index < -0.39 is 0 Å². The lowest BCUT2D eigenvalue weighted by atomic mass is 9.80. The summed E-state index contributed by atoms with van der Waals surface area (Å²) in [5, 5.41) is 11.6. The number of hydrogen-bond donors (Lipinski definition) is 3. The van der Waals surface area contributed by atoms with Crippen molar-refractivity contribution in [2.45, 2.75) is 19.8 Å². The molecule has 108 valence electrons. The number of nitrogens with zero attached hydrogens (tertiary/aromatic N) is 2. The number of aromatic amines is 1. The second-order valence-corrected chi connectivity index (χ2v) is 6.36. The maximum atomic E-state index is 6.11. The van der Waals surface area contributed by atoms with Gasteiger partial charge in [0.2, 0.25) is 0 Å². The highest BCUT2D eigenvalue weighted by Gasteiger charge is 2.28. The van der Waals surface area contributed by atoms with Gasteiger partial charge in [0, 0.05) is 11.9 Å². The predicted molar refractivity (Wildman–Crippen MR) is 83.8 cm³/mol. The standard InChI is InChI=1S/C15H23N5/c1-15(3-5-20(2)6-4-15)10-17-14-8-13-11(7-12(14)16)9-18-19-13/h7-9,17H,3-6,10,16H2,1-2H3,(H,18,19). The van der Waals surface area contributed by atoms with Crippen LogP contribution < -0.4 is 11.1 Å². The van der Waals surface area contributed by atoms with Crippen LogP contribution >= 0.6 is 0 Å². The first-order valence-corrected chi connectivity index (χ1v) is 7.21. The molecule has 1 aliphatic rings. The van der Waals surface area contributed by atoms with Crippen LogP contribution in [0.3, 0.4) is 0 Å². The number of piperidine rings is 1. The Morgan fingerprint density at radius 2 is 2.15 bits per heavy atom. The van der Waals surface area contributed by atoms with Crippen LogP contribution in [0.2, 0.25) is 0 Å². The van der Waals surface area contributed by atoms with E-state index in [4.69, 9.17) is 5.73 Å². The lowest BCUT2D eigenvalue weighted by Crippen LogP contribution is -2.40. The van der Waals surface area contributed by atoms with Crippen LogP contribution in [0, 0.1) is 5.41 Å². The average molecular weight is 273 g/mol. The molecule has 0 radical (unpaired) electrons. The molecule has 2 aromatic rings. The molecular formula is C15H23N5. The number of likely N-dealkylation sites (tertiary alicyclic amines) is 1. The van der Waals surface area contributed by atoms with Crippen molar-refractivity contribution in [3.05, 3.63) is 18.3 Å². The first kappa shape index (κ1) is 13.2. The number of nitrogens with two attached hydrogens (primary N) is 1. The highest BCUT2D eigenvalue weighted by Crippen LogP contribution is 2.32. The Morgan fingerprint density at radius 1 is 1.40 bits per heavy atom. The topological polar surface area (TPSA) is 70.0 Å². The zero-order valence-electron chi connectivity index (χ0n) is 12.2. The summed E-state index contributed by atoms with van der Waals surface area (Å²) >= 11 is 0. The largest absolute Gasteiger partial charge is 0.397 e. The number of nitrogens with one attached hydrogen (secondary N) is 2. The molecule has 0 aliphatic carbocycles. The first-order chi connectivity index (χ1) is 9.56. The SMILES string of the molecule is CN1CCC(C)(CNc2cc3[nH]ncc3cc2N)CC1. The minimum Gasteiger partial charge on any atom is -0.397 e. The van der Waals surface area contributed by atoms with Crippen LogP contribution in [0.4, 0.5) is 11.4 Å². The highest BCUT2D eigenvalue weighted by molar-refractivity contribution is 5.88. The smallest absolute Gasteiger partial charge is 0.0672 e. The van der Waals surface area contributed by atoms with Crippen LogP contribution in [0.25, 0.3) is 10.9 Å². The second kappa shape index (κ2) is 4.98. The second-order valence-electron chi connectivity index (χ2n) is 6.36. The molecule has 4 N–H and O–H groups in total. The van der Waals surface area contributed by atoms with Crippen molar-refractivity contribution in [3.63, 3.8) is 0 Å². The number of rotatable bonds is 3. The van der Waals surface area contributed by atoms with Gasteiger partial charge in [-0.05, 0) is 50.5 Å². The Balaban J connectivity index is 1.71. The zero-order chi connectivity index (χ0) is 14.2. The molecule has 0 saturated carbocycles. The van der Waals surface area contributed by atoms with E-state index in [2.05, 4.69) is 40.5 Å². The summed E-state index contributed by atoms with van der Waals surface area (Å²) in [6.07, 6.45) is 4.25. The quantitative estimate of drug-likeness (QED) is 0.750. The third kappa shape index (κ3) is 2.58. The van der Waals surface area contributed by atoms with Gasteiger partial charge in [0.25, 0.3) is 0 Å². The van der Waals surface area contributed by atoms with E-state index in [-0.39, 0.29) is 0 Å². The number of anilines is 2. The van der Waals surface area contributed by atoms with Crippen LogP contribution in [0.15, 0.2) is 18.3 Å². The summed E-state index contributed by atoms with van der Waals surface area (Å²) in [6, 6.07) is 4.02. The molecule has 5 nitrogen and oxygen atoms in total. The molecular weight excluding hydrogens is 250 g/mol. The Hall–Kier alpha value is -1.75. The van der Waals surface area contributed by atoms with Gasteiger partial charge in [0.1, 0.15) is 0 Å². The van der Waals surface area contributed by atoms with Crippen molar-refractivity contribution in [1.29, 1.82) is 0 Å². The molecule has 1 aromatic carbocycles. The monoisotopic (exact) mass is 273 g/mol. The molecule has 0 amide bonds. The van der Waals surface area contributed by atoms with E-state index in [0.29, 0.717) is 5.41 Å². The van der Waals surface area contributed by atoms with Gasteiger partial charge in [0.05, 0.1) is 23.1 Å². The minimum absolute atomic E-state index is 0.349. The maximum absolute atomic E-state index is 6.11. The fraction of sp³-hybridized carbons (Fsp3) is 0.533. The molecule has 2 heterocycles. The van der Waals surface area contributed by atoms with Gasteiger partial charge in [0.15, 0.2) is 0 Å². The van der Waals surface area contributed by atoms with E-state index in [0.717, 1.165) is 28.8 Å². The van der Waals surface area contributed by atoms with E-state index in [1.54, 1.807) is 6.20 Å². The minimum atomic E-state index is 0.349. The molecule has 20 heavy (non-hydrogen) atoms. The Labute approximate surface area is 119 Å². The van der Waals surface area contributed by atoms with Crippen LogP contribution in [0.1, 0.15) is 19.8 Å². The Bertz CT molecular complexity index is 595. The molecule has 0 bridgehead atoms. The third-order valence-corrected chi connectivity index (χ3v) is 4.51. The molecule has 1 saturated heterocycles. The van der Waals surface area contributed by atoms with E-state index in [9.17, 15) is 0 Å². The van der Waals surface area contributed by atoms with Crippen LogP contribution in [-0.2, 0) is 0 Å². The van der Waals surface area contributed by atoms with Gasteiger partial charge in [-0.1, -0.05) is 6.92 Å². The number of hydrogen-bond acceptors (Lipinski definition) is 4. The fourth-order valence-electron chi connectivity index (χ4n) is 2.81. The summed E-state index contributed by atoms with van der Waals surface area (Å²) < 4.78 is 0. The first-order valence-electron chi connectivity index (χ1n) is 7.21. The summed E-state index contributed by atoms with van der Waals surface area (Å²) in [5.74, 6) is 0. The number of benzene rings is 1. The van der Waals surface area contributed by atoms with Gasteiger partial charge < -0.3 is 16.0 Å². The molecule has 0 spiro atoms. The molecule has 0 unspecified atom stereocenters. The number of H-pyrrole nitrogens is 1. The van der Waals surface area contributed by atoms with E-state index >= 15 is 0 Å². The number of nitrogen functional groups attached to an aromatic ring is 1. The third-order valence-electron chi connectivity index (χ3n) is 4.51. The highest BCUT2D eigenvalue weighted by atomic mass is 15.1. The normalized spacial score (nSPS) is 19.3. The maximum Gasteiger partial charge on any atom is 0.0672 e. The van der Waals surface area contributed by atoms with Gasteiger partial charge >= 0.3 is 0 Å². The summed E-state index contributed by atoms with van der Waals surface area (Å²) in [5.41, 5.74) is 9.28.